The van der Waals surface area contributed by atoms with Crippen molar-refractivity contribution in [1.29, 1.82) is 0 Å². The summed E-state index contributed by atoms with van der Waals surface area (Å²) in [6.45, 7) is 1.54. The SMILES string of the molecule is O=C1OC[C@H]2[C@@H]1ON1CCC[C@@H]21. The highest BCUT2D eigenvalue weighted by Gasteiger charge is 2.53. The molecule has 12 heavy (non-hydrogen) atoms. The molecule has 0 bridgehead atoms. The Morgan fingerprint density at radius 2 is 2.42 bits per heavy atom. The molecule has 0 spiro atoms. The van der Waals surface area contributed by atoms with Crippen molar-refractivity contribution in [2.24, 2.45) is 5.92 Å². The maximum atomic E-state index is 11.1. The van der Waals surface area contributed by atoms with E-state index in [1.807, 2.05) is 5.06 Å². The first-order valence-corrected chi connectivity index (χ1v) is 4.46. The van der Waals surface area contributed by atoms with Gasteiger partial charge in [0.05, 0.1) is 12.5 Å². The zero-order valence-electron chi connectivity index (χ0n) is 6.73. The van der Waals surface area contributed by atoms with E-state index in [2.05, 4.69) is 0 Å². The molecule has 3 fully saturated rings. The van der Waals surface area contributed by atoms with Gasteiger partial charge in [-0.3, -0.25) is 4.84 Å². The van der Waals surface area contributed by atoms with Crippen molar-refractivity contribution in [2.75, 3.05) is 13.2 Å². The molecule has 0 aromatic carbocycles. The van der Waals surface area contributed by atoms with Crippen LogP contribution in [0.2, 0.25) is 0 Å². The van der Waals surface area contributed by atoms with Crippen LogP contribution in [-0.2, 0) is 14.4 Å². The molecule has 3 atom stereocenters. The lowest BCUT2D eigenvalue weighted by Crippen LogP contribution is -2.26. The molecule has 66 valence electrons. The zero-order valence-corrected chi connectivity index (χ0v) is 6.73. The van der Waals surface area contributed by atoms with Gasteiger partial charge in [0.2, 0.25) is 0 Å². The smallest absolute Gasteiger partial charge is 0.337 e. The van der Waals surface area contributed by atoms with E-state index in [1.165, 1.54) is 6.42 Å². The standard InChI is InChI=1S/C8H11NO3/c10-8-7-5(4-11-8)6-2-1-3-9(6)12-7/h5-7H,1-4H2/t5-,6+,7+/m1/s1. The van der Waals surface area contributed by atoms with Crippen LogP contribution in [0.15, 0.2) is 0 Å². The van der Waals surface area contributed by atoms with Crippen LogP contribution >= 0.6 is 0 Å². The number of esters is 1. The van der Waals surface area contributed by atoms with Gasteiger partial charge in [-0.1, -0.05) is 0 Å². The molecule has 0 aliphatic carbocycles. The molecular weight excluding hydrogens is 158 g/mol. The van der Waals surface area contributed by atoms with Gasteiger partial charge in [-0.2, -0.15) is 5.06 Å². The highest BCUT2D eigenvalue weighted by atomic mass is 16.7. The number of cyclic esters (lactones) is 1. The average Bonchev–Trinajstić information content (AvgIpc) is 2.63. The van der Waals surface area contributed by atoms with Crippen LogP contribution in [0.25, 0.3) is 0 Å². The largest absolute Gasteiger partial charge is 0.463 e. The Morgan fingerprint density at radius 3 is 3.33 bits per heavy atom. The molecule has 4 nitrogen and oxygen atoms in total. The maximum absolute atomic E-state index is 11.1. The van der Waals surface area contributed by atoms with E-state index >= 15 is 0 Å². The van der Waals surface area contributed by atoms with Gasteiger partial charge in [-0.05, 0) is 12.8 Å². The summed E-state index contributed by atoms with van der Waals surface area (Å²) in [5.41, 5.74) is 0. The number of hydrogen-bond acceptors (Lipinski definition) is 4. The Morgan fingerprint density at radius 1 is 1.50 bits per heavy atom. The summed E-state index contributed by atoms with van der Waals surface area (Å²) in [6.07, 6.45) is 2.05. The predicted molar refractivity (Wildman–Crippen MR) is 39.1 cm³/mol. The molecule has 0 unspecified atom stereocenters. The highest BCUT2D eigenvalue weighted by molar-refractivity contribution is 5.77. The normalized spacial score (nSPS) is 46.0. The van der Waals surface area contributed by atoms with E-state index in [0.717, 1.165) is 13.0 Å². The van der Waals surface area contributed by atoms with Crippen LogP contribution in [0.3, 0.4) is 0 Å². The minimum Gasteiger partial charge on any atom is -0.463 e. The quantitative estimate of drug-likeness (QED) is 0.476. The van der Waals surface area contributed by atoms with E-state index in [9.17, 15) is 4.79 Å². The molecule has 0 N–H and O–H groups in total. The summed E-state index contributed by atoms with van der Waals surface area (Å²) >= 11 is 0. The predicted octanol–water partition coefficient (Wildman–Crippen LogP) is -0.0624. The fourth-order valence-electron chi connectivity index (χ4n) is 2.43. The van der Waals surface area contributed by atoms with Crippen LogP contribution in [0.4, 0.5) is 0 Å². The summed E-state index contributed by atoms with van der Waals surface area (Å²) in [5.74, 6) is 0.134. The van der Waals surface area contributed by atoms with Gasteiger partial charge in [-0.15, -0.1) is 0 Å². The van der Waals surface area contributed by atoms with Gasteiger partial charge in [0.1, 0.15) is 0 Å². The Kier molecular flexibility index (Phi) is 1.26. The van der Waals surface area contributed by atoms with Gasteiger partial charge in [0, 0.05) is 12.6 Å². The molecule has 3 rings (SSSR count). The van der Waals surface area contributed by atoms with Crippen LogP contribution in [-0.4, -0.2) is 36.3 Å². The second kappa shape index (κ2) is 2.20. The van der Waals surface area contributed by atoms with Crippen molar-refractivity contribution in [3.05, 3.63) is 0 Å². The van der Waals surface area contributed by atoms with Crippen molar-refractivity contribution in [3.8, 4) is 0 Å². The number of ether oxygens (including phenoxy) is 1. The average molecular weight is 169 g/mol. The lowest BCUT2D eigenvalue weighted by atomic mass is 9.96. The second-order valence-corrected chi connectivity index (χ2v) is 3.67. The van der Waals surface area contributed by atoms with Crippen molar-refractivity contribution in [1.82, 2.24) is 5.06 Å². The van der Waals surface area contributed by atoms with Crippen molar-refractivity contribution >= 4 is 5.97 Å². The van der Waals surface area contributed by atoms with Crippen LogP contribution in [0.5, 0.6) is 0 Å². The topological polar surface area (TPSA) is 38.8 Å². The van der Waals surface area contributed by atoms with Crippen molar-refractivity contribution in [3.63, 3.8) is 0 Å². The first-order valence-electron chi connectivity index (χ1n) is 4.46. The third kappa shape index (κ3) is 0.716. The maximum Gasteiger partial charge on any atom is 0.337 e. The van der Waals surface area contributed by atoms with Gasteiger partial charge >= 0.3 is 5.97 Å². The monoisotopic (exact) mass is 169 g/mol. The highest BCUT2D eigenvalue weighted by Crippen LogP contribution is 2.38. The van der Waals surface area contributed by atoms with Gasteiger partial charge < -0.3 is 4.74 Å². The van der Waals surface area contributed by atoms with Crippen molar-refractivity contribution in [2.45, 2.75) is 25.0 Å². The number of fused-ring (bicyclic) bond motifs is 3. The molecule has 4 heteroatoms. The number of hydroxylamine groups is 2. The number of carbonyl (C=O) groups is 1. The van der Waals surface area contributed by atoms with Gasteiger partial charge in [0.15, 0.2) is 6.10 Å². The molecule has 3 aliphatic rings. The van der Waals surface area contributed by atoms with E-state index < -0.39 is 0 Å². The first kappa shape index (κ1) is 6.86. The summed E-state index contributed by atoms with van der Waals surface area (Å²) in [6, 6.07) is 0.446. The van der Waals surface area contributed by atoms with E-state index in [0.29, 0.717) is 18.6 Å². The lowest BCUT2D eigenvalue weighted by Gasteiger charge is -2.14. The third-order valence-corrected chi connectivity index (χ3v) is 3.03. The van der Waals surface area contributed by atoms with Crippen LogP contribution < -0.4 is 0 Å². The van der Waals surface area contributed by atoms with E-state index in [-0.39, 0.29) is 12.1 Å². The number of hydrogen-bond donors (Lipinski definition) is 0. The van der Waals surface area contributed by atoms with Crippen LogP contribution in [0, 0.1) is 5.92 Å². The van der Waals surface area contributed by atoms with Crippen molar-refractivity contribution < 1.29 is 14.4 Å². The molecule has 0 radical (unpaired) electrons. The molecule has 0 aromatic heterocycles. The lowest BCUT2D eigenvalue weighted by molar-refractivity contribution is -0.177. The third-order valence-electron chi connectivity index (χ3n) is 3.03. The summed E-state index contributed by atoms with van der Waals surface area (Å²) in [4.78, 5) is 16.6. The minimum absolute atomic E-state index is 0.172. The van der Waals surface area contributed by atoms with Gasteiger partial charge in [0.25, 0.3) is 0 Å². The second-order valence-electron chi connectivity index (χ2n) is 3.67. The number of nitrogens with zero attached hydrogens (tertiary/aromatic N) is 1. The fourth-order valence-corrected chi connectivity index (χ4v) is 2.43. The summed E-state index contributed by atoms with van der Waals surface area (Å²) in [7, 11) is 0. The van der Waals surface area contributed by atoms with Gasteiger partial charge in [-0.25, -0.2) is 4.79 Å². The molecule has 3 saturated heterocycles. The Balaban J connectivity index is 1.87. The number of carbonyl (C=O) groups excluding carboxylic acids is 1. The molecule has 3 aliphatic heterocycles. The summed E-state index contributed by atoms with van der Waals surface area (Å²) in [5, 5.41) is 1.97. The molecule has 0 aromatic rings. The first-order chi connectivity index (χ1) is 5.86. The van der Waals surface area contributed by atoms with Crippen LogP contribution in [0.1, 0.15) is 12.8 Å². The Bertz CT molecular complexity index is 230. The molecule has 0 saturated carbocycles. The Labute approximate surface area is 70.4 Å². The minimum atomic E-state index is -0.282. The van der Waals surface area contributed by atoms with E-state index in [1.54, 1.807) is 0 Å². The molecular formula is C8H11NO3. The molecule has 3 heterocycles. The fraction of sp³-hybridized carbons (Fsp3) is 0.875. The van der Waals surface area contributed by atoms with E-state index in [4.69, 9.17) is 9.57 Å². The Hall–Kier alpha value is -0.610. The zero-order chi connectivity index (χ0) is 8.13. The summed E-state index contributed by atoms with van der Waals surface area (Å²) < 4.78 is 4.94. The number of rotatable bonds is 0. The molecule has 0 amide bonds.